The molecule has 0 spiro atoms. The molecular formula is C22H29NO5. The van der Waals surface area contributed by atoms with E-state index in [2.05, 4.69) is 0 Å². The Kier molecular flexibility index (Phi) is 5.79. The van der Waals surface area contributed by atoms with E-state index in [4.69, 9.17) is 19.9 Å². The number of esters is 1. The maximum atomic E-state index is 13.1. The van der Waals surface area contributed by atoms with E-state index in [9.17, 15) is 9.59 Å². The van der Waals surface area contributed by atoms with Crippen molar-refractivity contribution in [1.82, 2.24) is 0 Å². The van der Waals surface area contributed by atoms with Crippen LogP contribution >= 0.6 is 0 Å². The molecule has 1 heterocycles. The molecule has 0 amide bonds. The van der Waals surface area contributed by atoms with Gasteiger partial charge in [-0.15, -0.1) is 0 Å². The lowest BCUT2D eigenvalue weighted by atomic mass is 9.68. The smallest absolute Gasteiger partial charge is 0.315 e. The molecule has 1 aromatic carbocycles. The highest BCUT2D eigenvalue weighted by Crippen LogP contribution is 2.49. The summed E-state index contributed by atoms with van der Waals surface area (Å²) in [6, 6.07) is 7.47. The maximum absolute atomic E-state index is 13.1. The summed E-state index contributed by atoms with van der Waals surface area (Å²) < 4.78 is 16.7. The summed E-state index contributed by atoms with van der Waals surface area (Å²) in [6.07, 6.45) is 0.161. The fourth-order valence-electron chi connectivity index (χ4n) is 4.16. The van der Waals surface area contributed by atoms with Crippen LogP contribution in [0.5, 0.6) is 5.75 Å². The fourth-order valence-corrected chi connectivity index (χ4v) is 4.16. The van der Waals surface area contributed by atoms with Crippen LogP contribution in [-0.4, -0.2) is 31.2 Å². The third kappa shape index (κ3) is 3.92. The van der Waals surface area contributed by atoms with Crippen molar-refractivity contribution < 1.29 is 23.8 Å². The Labute approximate surface area is 166 Å². The van der Waals surface area contributed by atoms with Gasteiger partial charge in [0.05, 0.1) is 13.2 Å². The average molecular weight is 387 g/mol. The van der Waals surface area contributed by atoms with Gasteiger partial charge in [-0.05, 0) is 37.0 Å². The Morgan fingerprint density at radius 1 is 1.18 bits per heavy atom. The largest absolute Gasteiger partial charge is 0.494 e. The van der Waals surface area contributed by atoms with Crippen molar-refractivity contribution in [1.29, 1.82) is 0 Å². The number of allylic oxidation sites excluding steroid dienone is 2. The van der Waals surface area contributed by atoms with Gasteiger partial charge in [0, 0.05) is 24.3 Å². The molecule has 0 saturated carbocycles. The SMILES string of the molecule is CCOC(=O)[C@@H]1[C@@H](c2ccc(OCC)cc2)C2=C(CC(C)(C)CC2=O)O[C@@H]1N. The molecule has 6 heteroatoms. The number of hydrogen-bond acceptors (Lipinski definition) is 6. The highest BCUT2D eigenvalue weighted by molar-refractivity contribution is 6.00. The van der Waals surface area contributed by atoms with E-state index in [-0.39, 0.29) is 17.8 Å². The van der Waals surface area contributed by atoms with E-state index in [0.29, 0.717) is 30.8 Å². The number of Topliss-reactive ketones (excluding diaryl/α,β-unsaturated/α-hetero) is 1. The zero-order valence-electron chi connectivity index (χ0n) is 17.0. The Hall–Kier alpha value is -2.34. The van der Waals surface area contributed by atoms with Gasteiger partial charge in [-0.1, -0.05) is 26.0 Å². The lowest BCUT2D eigenvalue weighted by molar-refractivity contribution is -0.155. The molecule has 0 saturated heterocycles. The van der Waals surface area contributed by atoms with Crippen molar-refractivity contribution >= 4 is 11.8 Å². The Bertz CT molecular complexity index is 781. The Morgan fingerprint density at radius 2 is 1.86 bits per heavy atom. The minimum atomic E-state index is -0.865. The molecule has 2 aliphatic rings. The quantitative estimate of drug-likeness (QED) is 0.780. The van der Waals surface area contributed by atoms with E-state index >= 15 is 0 Å². The average Bonchev–Trinajstić information content (AvgIpc) is 2.60. The van der Waals surface area contributed by atoms with E-state index in [1.807, 2.05) is 45.0 Å². The molecule has 152 valence electrons. The molecule has 0 bridgehead atoms. The van der Waals surface area contributed by atoms with E-state index in [1.165, 1.54) is 0 Å². The number of carbonyl (C=O) groups is 2. The highest BCUT2D eigenvalue weighted by atomic mass is 16.5. The summed E-state index contributed by atoms with van der Waals surface area (Å²) in [4.78, 5) is 25.8. The summed E-state index contributed by atoms with van der Waals surface area (Å²) in [5, 5.41) is 0. The van der Waals surface area contributed by atoms with Gasteiger partial charge >= 0.3 is 5.97 Å². The zero-order chi connectivity index (χ0) is 20.5. The second-order valence-corrected chi connectivity index (χ2v) is 8.12. The summed E-state index contributed by atoms with van der Waals surface area (Å²) >= 11 is 0. The minimum absolute atomic E-state index is 0.00586. The molecule has 0 aromatic heterocycles. The molecule has 1 aromatic rings. The fraction of sp³-hybridized carbons (Fsp3) is 0.545. The number of rotatable bonds is 5. The van der Waals surface area contributed by atoms with Crippen LogP contribution in [0.1, 0.15) is 52.0 Å². The van der Waals surface area contributed by atoms with Gasteiger partial charge in [0.25, 0.3) is 0 Å². The molecule has 0 unspecified atom stereocenters. The van der Waals surface area contributed by atoms with Crippen molar-refractivity contribution in [3.05, 3.63) is 41.2 Å². The van der Waals surface area contributed by atoms with Crippen LogP contribution in [0, 0.1) is 11.3 Å². The number of hydrogen-bond donors (Lipinski definition) is 1. The van der Waals surface area contributed by atoms with Crippen LogP contribution in [0.15, 0.2) is 35.6 Å². The number of carbonyl (C=O) groups excluding carboxylic acids is 2. The third-order valence-electron chi connectivity index (χ3n) is 5.29. The van der Waals surface area contributed by atoms with E-state index in [1.54, 1.807) is 6.92 Å². The number of ether oxygens (including phenoxy) is 3. The van der Waals surface area contributed by atoms with Crippen LogP contribution in [0.3, 0.4) is 0 Å². The monoisotopic (exact) mass is 387 g/mol. The van der Waals surface area contributed by atoms with Crippen molar-refractivity contribution in [3.8, 4) is 5.75 Å². The number of benzene rings is 1. The minimum Gasteiger partial charge on any atom is -0.494 e. The highest BCUT2D eigenvalue weighted by Gasteiger charge is 2.49. The lowest BCUT2D eigenvalue weighted by Gasteiger charge is -2.42. The molecule has 2 N–H and O–H groups in total. The third-order valence-corrected chi connectivity index (χ3v) is 5.29. The Morgan fingerprint density at radius 3 is 2.46 bits per heavy atom. The molecule has 1 aliphatic heterocycles. The van der Waals surface area contributed by atoms with Crippen LogP contribution in [0.25, 0.3) is 0 Å². The first-order valence-corrected chi connectivity index (χ1v) is 9.85. The van der Waals surface area contributed by atoms with Gasteiger partial charge in [-0.2, -0.15) is 0 Å². The zero-order valence-corrected chi connectivity index (χ0v) is 17.0. The van der Waals surface area contributed by atoms with Crippen molar-refractivity contribution in [2.45, 2.75) is 52.7 Å². The van der Waals surface area contributed by atoms with Crippen molar-refractivity contribution in [2.24, 2.45) is 17.1 Å². The first-order chi connectivity index (χ1) is 13.3. The summed E-state index contributed by atoms with van der Waals surface area (Å²) in [7, 11) is 0. The summed E-state index contributed by atoms with van der Waals surface area (Å²) in [5.74, 6) is -0.364. The summed E-state index contributed by atoms with van der Waals surface area (Å²) in [5.41, 5.74) is 7.46. The maximum Gasteiger partial charge on any atom is 0.315 e. The van der Waals surface area contributed by atoms with Crippen LogP contribution in [0.2, 0.25) is 0 Å². The standard InChI is InChI=1S/C22H29NO5/c1-5-26-14-9-7-13(8-10-14)17-18-15(24)11-22(3,4)12-16(18)28-20(23)19(17)21(25)27-6-2/h7-10,17,19-20H,5-6,11-12,23H2,1-4H3/t17-,19+,20-/m0/s1. The first kappa shape index (κ1) is 20.4. The molecule has 28 heavy (non-hydrogen) atoms. The van der Waals surface area contributed by atoms with Crippen LogP contribution in [0.4, 0.5) is 0 Å². The van der Waals surface area contributed by atoms with Gasteiger partial charge in [0.2, 0.25) is 0 Å². The molecule has 0 radical (unpaired) electrons. The molecule has 3 atom stereocenters. The van der Waals surface area contributed by atoms with E-state index in [0.717, 1.165) is 11.3 Å². The topological polar surface area (TPSA) is 87.8 Å². The van der Waals surface area contributed by atoms with Crippen LogP contribution in [-0.2, 0) is 19.1 Å². The van der Waals surface area contributed by atoms with Gasteiger partial charge in [0.1, 0.15) is 17.4 Å². The predicted octanol–water partition coefficient (Wildman–Crippen LogP) is 3.31. The molecule has 6 nitrogen and oxygen atoms in total. The molecule has 1 aliphatic carbocycles. The summed E-state index contributed by atoms with van der Waals surface area (Å²) in [6.45, 7) is 8.54. The van der Waals surface area contributed by atoms with Crippen LogP contribution < -0.4 is 10.5 Å². The van der Waals surface area contributed by atoms with Gasteiger partial charge < -0.3 is 14.2 Å². The van der Waals surface area contributed by atoms with Crippen molar-refractivity contribution in [3.63, 3.8) is 0 Å². The molecule has 3 rings (SSSR count). The van der Waals surface area contributed by atoms with Gasteiger partial charge in [-0.25, -0.2) is 0 Å². The number of nitrogens with two attached hydrogens (primary N) is 1. The number of ketones is 1. The normalized spacial score (nSPS) is 26.3. The lowest BCUT2D eigenvalue weighted by Crippen LogP contribution is -2.48. The van der Waals surface area contributed by atoms with Gasteiger partial charge in [-0.3, -0.25) is 15.3 Å². The molecular weight excluding hydrogens is 358 g/mol. The molecule has 0 fully saturated rings. The predicted molar refractivity (Wildman–Crippen MR) is 105 cm³/mol. The van der Waals surface area contributed by atoms with E-state index < -0.39 is 24.0 Å². The van der Waals surface area contributed by atoms with Gasteiger partial charge in [0.15, 0.2) is 12.0 Å². The first-order valence-electron chi connectivity index (χ1n) is 9.85. The second kappa shape index (κ2) is 7.95. The Balaban J connectivity index is 2.09. The van der Waals surface area contributed by atoms with Crippen molar-refractivity contribution in [2.75, 3.05) is 13.2 Å². The second-order valence-electron chi connectivity index (χ2n) is 8.12.